The van der Waals surface area contributed by atoms with Crippen LogP contribution in [-0.2, 0) is 20.5 Å². The molecule has 0 aromatic heterocycles. The first-order valence-electron chi connectivity index (χ1n) is 13.4. The van der Waals surface area contributed by atoms with Gasteiger partial charge in [0.15, 0.2) is 5.60 Å². The van der Waals surface area contributed by atoms with Crippen molar-refractivity contribution in [3.63, 3.8) is 0 Å². The van der Waals surface area contributed by atoms with Crippen LogP contribution in [-0.4, -0.2) is 51.1 Å². The summed E-state index contributed by atoms with van der Waals surface area (Å²) in [5.41, 5.74) is 0.652. The van der Waals surface area contributed by atoms with E-state index in [1.54, 1.807) is 12.0 Å². The highest BCUT2D eigenvalue weighted by atomic mass is 28.4. The van der Waals surface area contributed by atoms with E-state index in [0.29, 0.717) is 19.7 Å². The van der Waals surface area contributed by atoms with Gasteiger partial charge < -0.3 is 18.8 Å². The fourth-order valence-corrected chi connectivity index (χ4v) is 10.4. The van der Waals surface area contributed by atoms with Gasteiger partial charge in [0.05, 0.1) is 13.7 Å². The molecule has 6 heteroatoms. The van der Waals surface area contributed by atoms with Crippen molar-refractivity contribution >= 4 is 24.6 Å². The van der Waals surface area contributed by atoms with Gasteiger partial charge in [-0.2, -0.15) is 0 Å². The summed E-state index contributed by atoms with van der Waals surface area (Å²) < 4.78 is 18.8. The zero-order chi connectivity index (χ0) is 27.7. The number of likely N-dealkylation sites (tertiary alicyclic amines) is 1. The second-order valence-electron chi connectivity index (χ2n) is 11.3. The lowest BCUT2D eigenvalue weighted by Gasteiger charge is -2.43. The third kappa shape index (κ3) is 4.89. The first-order valence-corrected chi connectivity index (χ1v) is 15.3. The van der Waals surface area contributed by atoms with Gasteiger partial charge in [0.2, 0.25) is 0 Å². The third-order valence-electron chi connectivity index (χ3n) is 7.81. The maximum atomic E-state index is 13.6. The lowest BCUT2D eigenvalue weighted by Crippen LogP contribution is -2.67. The molecule has 5 rings (SSSR count). The summed E-state index contributed by atoms with van der Waals surface area (Å²) >= 11 is 0. The van der Waals surface area contributed by atoms with Crippen molar-refractivity contribution in [2.75, 3.05) is 20.3 Å². The Morgan fingerprint density at radius 1 is 0.974 bits per heavy atom. The number of amides is 1. The molecule has 2 heterocycles. The Morgan fingerprint density at radius 2 is 1.56 bits per heavy atom. The van der Waals surface area contributed by atoms with Crippen LogP contribution in [0.15, 0.2) is 109 Å². The number of hydrogen-bond donors (Lipinski definition) is 0. The molecule has 5 nitrogen and oxygen atoms in total. The highest BCUT2D eigenvalue weighted by Crippen LogP contribution is 2.40. The molecular weight excluding hydrogens is 502 g/mol. The molecule has 0 bridgehead atoms. The van der Waals surface area contributed by atoms with Gasteiger partial charge in [-0.15, -0.1) is 0 Å². The van der Waals surface area contributed by atoms with E-state index in [0.717, 1.165) is 16.9 Å². The zero-order valence-corrected chi connectivity index (χ0v) is 24.2. The second kappa shape index (κ2) is 10.6. The fraction of sp³-hybridized carbons (Fsp3) is 0.303. The highest BCUT2D eigenvalue weighted by molar-refractivity contribution is 6.99. The molecule has 0 radical (unpaired) electrons. The first kappa shape index (κ1) is 27.1. The molecule has 39 heavy (non-hydrogen) atoms. The van der Waals surface area contributed by atoms with Crippen LogP contribution >= 0.6 is 0 Å². The lowest BCUT2D eigenvalue weighted by molar-refractivity contribution is -0.144. The Morgan fingerprint density at radius 3 is 2.10 bits per heavy atom. The van der Waals surface area contributed by atoms with E-state index in [-0.39, 0.29) is 17.0 Å². The average Bonchev–Trinajstić information content (AvgIpc) is 3.47. The molecular formula is C33H37NO4Si. The Labute approximate surface area is 232 Å². The standard InChI is InChI=1S/C33H37NO4Si/c1-25-22-34(23-26-16-18-27(36-5)19-17-26)31(35)33(25)21-20-28(38-33)24-37-39(32(2,3)4,29-12-8-6-9-13-29)30-14-10-7-11-15-30/h6-21,28H,1,22-24H2,2-5H3/t28-,33-/m0/s1. The van der Waals surface area contributed by atoms with E-state index in [1.807, 2.05) is 48.6 Å². The minimum Gasteiger partial charge on any atom is -0.497 e. The maximum Gasteiger partial charge on any atom is 0.263 e. The van der Waals surface area contributed by atoms with Crippen molar-refractivity contribution in [1.82, 2.24) is 4.90 Å². The van der Waals surface area contributed by atoms with Crippen LogP contribution in [0.2, 0.25) is 5.04 Å². The predicted octanol–water partition coefficient (Wildman–Crippen LogP) is 4.86. The summed E-state index contributed by atoms with van der Waals surface area (Å²) in [6.45, 7) is 12.3. The van der Waals surface area contributed by atoms with Gasteiger partial charge in [-0.3, -0.25) is 4.79 Å². The summed E-state index contributed by atoms with van der Waals surface area (Å²) in [6, 6.07) is 28.9. The molecule has 1 spiro atoms. The summed E-state index contributed by atoms with van der Waals surface area (Å²) in [5, 5.41) is 2.29. The maximum absolute atomic E-state index is 13.6. The largest absolute Gasteiger partial charge is 0.497 e. The van der Waals surface area contributed by atoms with Gasteiger partial charge in [-0.1, -0.05) is 106 Å². The Kier molecular flexibility index (Phi) is 7.38. The van der Waals surface area contributed by atoms with E-state index in [4.69, 9.17) is 13.9 Å². The lowest BCUT2D eigenvalue weighted by atomic mass is 9.98. The minimum atomic E-state index is -2.72. The smallest absolute Gasteiger partial charge is 0.263 e. The predicted molar refractivity (Wildman–Crippen MR) is 158 cm³/mol. The summed E-state index contributed by atoms with van der Waals surface area (Å²) in [5.74, 6) is 0.714. The molecule has 1 fully saturated rings. The van der Waals surface area contributed by atoms with E-state index in [2.05, 4.69) is 75.9 Å². The first-order chi connectivity index (χ1) is 18.7. The number of benzene rings is 3. The molecule has 2 aliphatic heterocycles. The van der Waals surface area contributed by atoms with E-state index < -0.39 is 13.9 Å². The average molecular weight is 540 g/mol. The van der Waals surface area contributed by atoms with E-state index in [1.165, 1.54) is 10.4 Å². The van der Waals surface area contributed by atoms with E-state index >= 15 is 0 Å². The van der Waals surface area contributed by atoms with Crippen molar-refractivity contribution in [3.8, 4) is 5.75 Å². The molecule has 0 aliphatic carbocycles. The molecule has 1 amide bonds. The Bertz CT molecular complexity index is 1310. The number of nitrogens with zero attached hydrogens (tertiary/aromatic N) is 1. The molecule has 202 valence electrons. The molecule has 0 N–H and O–H groups in total. The second-order valence-corrected chi connectivity index (χ2v) is 15.6. The van der Waals surface area contributed by atoms with Gasteiger partial charge in [-0.25, -0.2) is 0 Å². The summed E-state index contributed by atoms with van der Waals surface area (Å²) in [6.07, 6.45) is 3.50. The van der Waals surface area contributed by atoms with Crippen molar-refractivity contribution in [2.24, 2.45) is 0 Å². The molecule has 2 atom stereocenters. The fourth-order valence-electron chi connectivity index (χ4n) is 5.83. The number of ether oxygens (including phenoxy) is 2. The van der Waals surface area contributed by atoms with Crippen LogP contribution in [0.1, 0.15) is 26.3 Å². The van der Waals surface area contributed by atoms with Crippen LogP contribution in [0.5, 0.6) is 5.75 Å². The molecule has 0 unspecified atom stereocenters. The van der Waals surface area contributed by atoms with Crippen LogP contribution in [0.4, 0.5) is 0 Å². The van der Waals surface area contributed by atoms with Gasteiger partial charge in [0.1, 0.15) is 11.9 Å². The van der Waals surface area contributed by atoms with Crippen molar-refractivity contribution in [1.29, 1.82) is 0 Å². The third-order valence-corrected chi connectivity index (χ3v) is 12.8. The number of hydrogen-bond acceptors (Lipinski definition) is 4. The molecule has 3 aromatic carbocycles. The van der Waals surface area contributed by atoms with Gasteiger partial charge in [-0.05, 0) is 44.8 Å². The SMILES string of the molecule is C=C1CN(Cc2ccc(OC)cc2)C(=O)[C@]12C=C[C@@H](CO[Si](c1ccccc1)(c1ccccc1)C(C)(C)C)O2. The van der Waals surface area contributed by atoms with Crippen LogP contribution < -0.4 is 15.1 Å². The molecule has 3 aromatic rings. The van der Waals surface area contributed by atoms with Gasteiger partial charge in [0.25, 0.3) is 14.2 Å². The van der Waals surface area contributed by atoms with E-state index in [9.17, 15) is 4.79 Å². The molecule has 2 aliphatic rings. The molecule has 0 saturated carbocycles. The van der Waals surface area contributed by atoms with Crippen molar-refractivity contribution in [2.45, 2.75) is 44.1 Å². The van der Waals surface area contributed by atoms with Gasteiger partial charge >= 0.3 is 0 Å². The van der Waals surface area contributed by atoms with Crippen molar-refractivity contribution < 1.29 is 18.7 Å². The van der Waals surface area contributed by atoms with Crippen LogP contribution in [0.3, 0.4) is 0 Å². The topological polar surface area (TPSA) is 48.0 Å². The number of rotatable bonds is 8. The quantitative estimate of drug-likeness (QED) is 0.303. The summed E-state index contributed by atoms with van der Waals surface area (Å²) in [4.78, 5) is 15.5. The normalized spacial score (nSPS) is 21.2. The van der Waals surface area contributed by atoms with Gasteiger partial charge in [0, 0.05) is 13.1 Å². The number of carbonyl (C=O) groups excluding carboxylic acids is 1. The molecule has 1 saturated heterocycles. The Hall–Kier alpha value is -3.45. The highest BCUT2D eigenvalue weighted by Gasteiger charge is 2.54. The minimum absolute atomic E-state index is 0.0764. The van der Waals surface area contributed by atoms with Crippen molar-refractivity contribution in [3.05, 3.63) is 115 Å². The Balaban J connectivity index is 1.36. The summed E-state index contributed by atoms with van der Waals surface area (Å²) in [7, 11) is -1.07. The monoisotopic (exact) mass is 539 g/mol. The van der Waals surface area contributed by atoms with Crippen LogP contribution in [0, 0.1) is 0 Å². The number of methoxy groups -OCH3 is 1. The number of carbonyl (C=O) groups is 1. The zero-order valence-electron chi connectivity index (χ0n) is 23.2. The van der Waals surface area contributed by atoms with Crippen LogP contribution in [0.25, 0.3) is 0 Å².